The molecule has 9 heteroatoms. The number of fused-ring (bicyclic) bond motifs is 2. The standard InChI is InChI=1S/C30H28N4O5/c1-30(29(36)31-16-20-6-4-3-5-7-20)18-34-25(15-24(32-34)22-9-11-23(37-2)12-10-22)28(35)33(30)17-21-8-13-26-27(14-21)39-19-38-26/h3-15H,16-19H2,1-2H3,(H,31,36). The van der Waals surface area contributed by atoms with E-state index in [2.05, 4.69) is 5.32 Å². The number of benzene rings is 3. The maximum absolute atomic E-state index is 14.0. The van der Waals surface area contributed by atoms with E-state index < -0.39 is 5.54 Å². The van der Waals surface area contributed by atoms with Gasteiger partial charge in [-0.2, -0.15) is 5.10 Å². The number of nitrogens with one attached hydrogen (secondary N) is 1. The van der Waals surface area contributed by atoms with Gasteiger partial charge in [-0.1, -0.05) is 36.4 Å². The molecule has 3 heterocycles. The number of hydrogen-bond donors (Lipinski definition) is 1. The van der Waals surface area contributed by atoms with Crippen molar-refractivity contribution in [1.82, 2.24) is 20.0 Å². The molecule has 0 saturated carbocycles. The van der Waals surface area contributed by atoms with Crippen molar-refractivity contribution in [2.24, 2.45) is 0 Å². The highest BCUT2D eigenvalue weighted by molar-refractivity contribution is 6.00. The summed E-state index contributed by atoms with van der Waals surface area (Å²) >= 11 is 0. The molecule has 2 aliphatic heterocycles. The van der Waals surface area contributed by atoms with Crippen LogP contribution in [-0.2, 0) is 24.4 Å². The largest absolute Gasteiger partial charge is 0.497 e. The Morgan fingerprint density at radius 1 is 1.00 bits per heavy atom. The van der Waals surface area contributed by atoms with E-state index in [0.29, 0.717) is 29.4 Å². The predicted octanol–water partition coefficient (Wildman–Crippen LogP) is 4.02. The Morgan fingerprint density at radius 3 is 2.54 bits per heavy atom. The van der Waals surface area contributed by atoms with Crippen molar-refractivity contribution in [2.45, 2.75) is 32.1 Å². The maximum atomic E-state index is 14.0. The van der Waals surface area contributed by atoms with E-state index in [1.165, 1.54) is 0 Å². The highest BCUT2D eigenvalue weighted by Crippen LogP contribution is 2.36. The Balaban J connectivity index is 1.34. The summed E-state index contributed by atoms with van der Waals surface area (Å²) in [5.41, 5.74) is 2.53. The number of ether oxygens (including phenoxy) is 3. The van der Waals surface area contributed by atoms with Gasteiger partial charge in [-0.25, -0.2) is 0 Å². The van der Waals surface area contributed by atoms with Gasteiger partial charge in [0, 0.05) is 18.7 Å². The van der Waals surface area contributed by atoms with Crippen LogP contribution in [0.25, 0.3) is 11.3 Å². The van der Waals surface area contributed by atoms with Crippen LogP contribution >= 0.6 is 0 Å². The first-order chi connectivity index (χ1) is 18.9. The van der Waals surface area contributed by atoms with Crippen molar-refractivity contribution in [2.75, 3.05) is 13.9 Å². The van der Waals surface area contributed by atoms with Gasteiger partial charge < -0.3 is 24.4 Å². The topological polar surface area (TPSA) is 94.9 Å². The first-order valence-electron chi connectivity index (χ1n) is 12.7. The maximum Gasteiger partial charge on any atom is 0.273 e. The summed E-state index contributed by atoms with van der Waals surface area (Å²) in [5, 5.41) is 7.76. The second-order valence-electron chi connectivity index (χ2n) is 9.82. The van der Waals surface area contributed by atoms with Gasteiger partial charge in [-0.3, -0.25) is 14.3 Å². The molecule has 9 nitrogen and oxygen atoms in total. The lowest BCUT2D eigenvalue weighted by molar-refractivity contribution is -0.133. The quantitative estimate of drug-likeness (QED) is 0.393. The van der Waals surface area contributed by atoms with Crippen LogP contribution in [0.15, 0.2) is 78.9 Å². The average Bonchev–Trinajstić information content (AvgIpc) is 3.61. The van der Waals surface area contributed by atoms with Crippen LogP contribution in [0.1, 0.15) is 28.5 Å². The molecule has 2 aliphatic rings. The second-order valence-corrected chi connectivity index (χ2v) is 9.82. The third kappa shape index (κ3) is 4.56. The van der Waals surface area contributed by atoms with Crippen molar-refractivity contribution in [3.63, 3.8) is 0 Å². The molecular weight excluding hydrogens is 496 g/mol. The highest BCUT2D eigenvalue weighted by Gasteiger charge is 2.48. The monoisotopic (exact) mass is 524 g/mol. The van der Waals surface area contributed by atoms with Gasteiger partial charge in [-0.05, 0) is 60.5 Å². The zero-order valence-corrected chi connectivity index (χ0v) is 21.7. The molecule has 0 fully saturated rings. The van der Waals surface area contributed by atoms with Gasteiger partial charge in [0.15, 0.2) is 11.5 Å². The number of methoxy groups -OCH3 is 1. The Bertz CT molecular complexity index is 1530. The SMILES string of the molecule is COc1ccc(-c2cc3n(n2)CC(C)(C(=O)NCc2ccccc2)N(Cc2ccc4c(c2)OCO4)C3=O)cc1. The normalized spacial score (nSPS) is 17.6. The predicted molar refractivity (Wildman–Crippen MR) is 143 cm³/mol. The van der Waals surface area contributed by atoms with Crippen LogP contribution in [0, 0.1) is 0 Å². The smallest absolute Gasteiger partial charge is 0.273 e. The van der Waals surface area contributed by atoms with Crippen molar-refractivity contribution >= 4 is 11.8 Å². The van der Waals surface area contributed by atoms with Crippen LogP contribution in [0.2, 0.25) is 0 Å². The van der Waals surface area contributed by atoms with E-state index >= 15 is 0 Å². The zero-order valence-electron chi connectivity index (χ0n) is 21.7. The molecule has 0 saturated heterocycles. The lowest BCUT2D eigenvalue weighted by Gasteiger charge is -2.43. The third-order valence-electron chi connectivity index (χ3n) is 7.25. The number of hydrogen-bond acceptors (Lipinski definition) is 6. The molecule has 198 valence electrons. The Morgan fingerprint density at radius 2 is 1.77 bits per heavy atom. The van der Waals surface area contributed by atoms with Crippen molar-refractivity contribution in [3.05, 3.63) is 95.7 Å². The molecule has 1 unspecified atom stereocenters. The molecule has 1 aromatic heterocycles. The summed E-state index contributed by atoms with van der Waals surface area (Å²) in [4.78, 5) is 29.4. The number of nitrogens with zero attached hydrogens (tertiary/aromatic N) is 3. The van der Waals surface area contributed by atoms with Gasteiger partial charge in [0.05, 0.1) is 19.3 Å². The van der Waals surface area contributed by atoms with E-state index in [4.69, 9.17) is 19.3 Å². The summed E-state index contributed by atoms with van der Waals surface area (Å²) in [6.07, 6.45) is 0. The molecule has 3 aromatic carbocycles. The fourth-order valence-corrected chi connectivity index (χ4v) is 4.98. The lowest BCUT2D eigenvalue weighted by Crippen LogP contribution is -2.63. The van der Waals surface area contributed by atoms with Crippen molar-refractivity contribution < 1.29 is 23.8 Å². The Labute approximate surface area is 225 Å². The molecule has 2 amide bonds. The van der Waals surface area contributed by atoms with Crippen LogP contribution in [0.5, 0.6) is 17.2 Å². The van der Waals surface area contributed by atoms with Crippen molar-refractivity contribution in [3.8, 4) is 28.5 Å². The number of carbonyl (C=O) groups is 2. The van der Waals surface area contributed by atoms with Crippen LogP contribution in [0.3, 0.4) is 0 Å². The molecule has 1 atom stereocenters. The van der Waals surface area contributed by atoms with Crippen LogP contribution in [0.4, 0.5) is 0 Å². The molecule has 0 radical (unpaired) electrons. The highest BCUT2D eigenvalue weighted by atomic mass is 16.7. The molecular formula is C30H28N4O5. The number of aromatic nitrogens is 2. The van der Waals surface area contributed by atoms with Crippen LogP contribution in [-0.4, -0.2) is 45.9 Å². The van der Waals surface area contributed by atoms with Gasteiger partial charge in [-0.15, -0.1) is 0 Å². The fraction of sp³-hybridized carbons (Fsp3) is 0.233. The zero-order chi connectivity index (χ0) is 27.0. The minimum Gasteiger partial charge on any atom is -0.497 e. The van der Waals surface area contributed by atoms with E-state index in [9.17, 15) is 9.59 Å². The third-order valence-corrected chi connectivity index (χ3v) is 7.25. The van der Waals surface area contributed by atoms with Crippen LogP contribution < -0.4 is 19.5 Å². The molecule has 4 aromatic rings. The van der Waals surface area contributed by atoms with Gasteiger partial charge >= 0.3 is 0 Å². The van der Waals surface area contributed by atoms with E-state index in [0.717, 1.165) is 22.4 Å². The summed E-state index contributed by atoms with van der Waals surface area (Å²) in [6, 6.07) is 24.5. The minimum absolute atomic E-state index is 0.161. The van der Waals surface area contributed by atoms with Gasteiger partial charge in [0.1, 0.15) is 17.0 Å². The van der Waals surface area contributed by atoms with E-state index in [1.54, 1.807) is 29.7 Å². The molecule has 0 aliphatic carbocycles. The molecule has 0 spiro atoms. The lowest BCUT2D eigenvalue weighted by atomic mass is 9.94. The summed E-state index contributed by atoms with van der Waals surface area (Å²) in [7, 11) is 1.61. The summed E-state index contributed by atoms with van der Waals surface area (Å²) in [5.74, 6) is 1.49. The fourth-order valence-electron chi connectivity index (χ4n) is 4.98. The minimum atomic E-state index is -1.20. The Kier molecular flexibility index (Phi) is 6.18. The van der Waals surface area contributed by atoms with Crippen molar-refractivity contribution in [1.29, 1.82) is 0 Å². The number of carbonyl (C=O) groups excluding carboxylic acids is 2. The van der Waals surface area contributed by atoms with Gasteiger partial charge in [0.25, 0.3) is 5.91 Å². The van der Waals surface area contributed by atoms with E-state index in [1.807, 2.05) is 72.8 Å². The Hall–Kier alpha value is -4.79. The molecule has 1 N–H and O–H groups in total. The van der Waals surface area contributed by atoms with E-state index in [-0.39, 0.29) is 31.7 Å². The number of amides is 2. The first kappa shape index (κ1) is 24.5. The summed E-state index contributed by atoms with van der Waals surface area (Å²) in [6.45, 7) is 2.72. The average molecular weight is 525 g/mol. The second kappa shape index (κ2) is 9.83. The molecule has 39 heavy (non-hydrogen) atoms. The molecule has 0 bridgehead atoms. The van der Waals surface area contributed by atoms with Gasteiger partial charge in [0.2, 0.25) is 12.7 Å². The molecule has 6 rings (SSSR count). The first-order valence-corrected chi connectivity index (χ1v) is 12.7. The number of rotatable bonds is 7. The summed E-state index contributed by atoms with van der Waals surface area (Å²) < 4.78 is 17.9.